The van der Waals surface area contributed by atoms with Crippen LogP contribution in [0.2, 0.25) is 5.02 Å². The normalized spacial score (nSPS) is 18.4. The van der Waals surface area contributed by atoms with Crippen molar-refractivity contribution in [1.82, 2.24) is 19.2 Å². The van der Waals surface area contributed by atoms with Crippen molar-refractivity contribution in [2.75, 3.05) is 18.4 Å². The van der Waals surface area contributed by atoms with Gasteiger partial charge in [-0.05, 0) is 68.6 Å². The SMILES string of the molecule is Cc1cc(Cl)cc(C)c1[N+]1(CCCC(=O)Nc2cccc(-n3c(=S)[nH][nH]c3=S)c2)CC1CC(=O)[O-].[Na+]. The van der Waals surface area contributed by atoms with E-state index in [0.29, 0.717) is 50.7 Å². The van der Waals surface area contributed by atoms with Gasteiger partial charge < -0.3 is 15.2 Å². The minimum atomic E-state index is -1.06. The number of aryl methyl sites for hydroxylation is 2. The van der Waals surface area contributed by atoms with Gasteiger partial charge in [-0.3, -0.25) is 24.0 Å². The average Bonchev–Trinajstić information content (AvgIpc) is 3.31. The molecule has 36 heavy (non-hydrogen) atoms. The second-order valence-electron chi connectivity index (χ2n) is 8.96. The van der Waals surface area contributed by atoms with Crippen LogP contribution in [0.1, 0.15) is 30.4 Å². The Balaban J connectivity index is 0.00000361. The maximum Gasteiger partial charge on any atom is 1.00 e. The summed E-state index contributed by atoms with van der Waals surface area (Å²) in [5.74, 6) is -1.18. The Morgan fingerprint density at radius 1 is 1.17 bits per heavy atom. The van der Waals surface area contributed by atoms with Crippen LogP contribution in [0, 0.1) is 23.4 Å². The Labute approximate surface area is 246 Å². The van der Waals surface area contributed by atoms with Crippen molar-refractivity contribution in [2.24, 2.45) is 0 Å². The molecule has 0 aliphatic carbocycles. The fourth-order valence-electron chi connectivity index (χ4n) is 5.04. The van der Waals surface area contributed by atoms with Crippen LogP contribution in [0.5, 0.6) is 0 Å². The molecule has 184 valence electrons. The molecule has 3 N–H and O–H groups in total. The Bertz CT molecular complexity index is 1370. The smallest absolute Gasteiger partial charge is 0.550 e. The van der Waals surface area contributed by atoms with Gasteiger partial charge in [0.1, 0.15) is 18.3 Å². The number of benzene rings is 2. The summed E-state index contributed by atoms with van der Waals surface area (Å²) < 4.78 is 3.08. The maximum absolute atomic E-state index is 12.7. The molecule has 1 aliphatic heterocycles. The number of quaternary nitrogens is 1. The summed E-state index contributed by atoms with van der Waals surface area (Å²) in [5, 5.41) is 20.5. The number of hydrogen-bond acceptors (Lipinski definition) is 5. The van der Waals surface area contributed by atoms with Gasteiger partial charge in [0.15, 0.2) is 9.54 Å². The predicted octanol–water partition coefficient (Wildman–Crippen LogP) is 1.12. The van der Waals surface area contributed by atoms with Crippen molar-refractivity contribution in [3.63, 3.8) is 0 Å². The molecule has 1 fully saturated rings. The molecule has 1 amide bonds. The standard InChI is InChI=1S/C24H26ClN5O3S2.Na/c1-14-9-16(25)10-15(2)22(14)30(13-19(30)12-21(32)33)8-4-7-20(31)26-17-5-3-6-18(11-17)29-23(34)27-28-24(29)35;/h3,5-6,9-11,19H,4,7-8,12-13H2,1-2H3,(H3-,26,27,28,31,32,33,34,35);/q;+1. The number of aromatic amines is 2. The van der Waals surface area contributed by atoms with Gasteiger partial charge in [-0.15, -0.1) is 0 Å². The van der Waals surface area contributed by atoms with Gasteiger partial charge in [0.25, 0.3) is 0 Å². The molecule has 12 heteroatoms. The van der Waals surface area contributed by atoms with Gasteiger partial charge in [0, 0.05) is 47.1 Å². The third-order valence-corrected chi connectivity index (χ3v) is 7.22. The fourth-order valence-corrected chi connectivity index (χ4v) is 5.92. The zero-order valence-electron chi connectivity index (χ0n) is 20.4. The van der Waals surface area contributed by atoms with E-state index in [9.17, 15) is 14.7 Å². The van der Waals surface area contributed by atoms with E-state index in [2.05, 4.69) is 15.5 Å². The van der Waals surface area contributed by atoms with Gasteiger partial charge in [-0.1, -0.05) is 17.7 Å². The van der Waals surface area contributed by atoms with E-state index in [1.165, 1.54) is 0 Å². The van der Waals surface area contributed by atoms with Crippen LogP contribution in [-0.4, -0.2) is 45.8 Å². The Kier molecular flexibility index (Phi) is 9.37. The van der Waals surface area contributed by atoms with Crippen molar-refractivity contribution in [3.8, 4) is 5.69 Å². The van der Waals surface area contributed by atoms with E-state index in [0.717, 1.165) is 22.5 Å². The summed E-state index contributed by atoms with van der Waals surface area (Å²) in [6, 6.07) is 11.0. The molecule has 2 atom stereocenters. The number of carbonyl (C=O) groups excluding carboxylic acids is 2. The van der Waals surface area contributed by atoms with Gasteiger partial charge >= 0.3 is 29.6 Å². The maximum atomic E-state index is 12.7. The predicted molar refractivity (Wildman–Crippen MR) is 140 cm³/mol. The van der Waals surface area contributed by atoms with Crippen LogP contribution >= 0.6 is 36.0 Å². The molecule has 2 unspecified atom stereocenters. The largest absolute Gasteiger partial charge is 1.00 e. The van der Waals surface area contributed by atoms with E-state index in [-0.39, 0.29) is 47.9 Å². The number of nitrogens with zero attached hydrogens (tertiary/aromatic N) is 2. The number of carboxylic acid groups (broad SMARTS) is 1. The van der Waals surface area contributed by atoms with Crippen LogP contribution in [0.15, 0.2) is 36.4 Å². The Morgan fingerprint density at radius 3 is 2.42 bits per heavy atom. The summed E-state index contributed by atoms with van der Waals surface area (Å²) >= 11 is 16.7. The molecule has 4 rings (SSSR count). The minimum absolute atomic E-state index is 0. The van der Waals surface area contributed by atoms with E-state index in [1.807, 2.05) is 38.1 Å². The van der Waals surface area contributed by atoms with E-state index in [1.54, 1.807) is 16.7 Å². The van der Waals surface area contributed by atoms with Crippen LogP contribution < -0.4 is 44.5 Å². The summed E-state index contributed by atoms with van der Waals surface area (Å²) in [6.07, 6.45) is 0.896. The number of nitrogens with one attached hydrogen (secondary N) is 3. The first-order chi connectivity index (χ1) is 16.6. The number of aromatic nitrogens is 3. The topological polar surface area (TPSA) is 106 Å². The summed E-state index contributed by atoms with van der Waals surface area (Å²) in [7, 11) is 0. The summed E-state index contributed by atoms with van der Waals surface area (Å²) in [6.45, 7) is 5.34. The molecule has 0 radical (unpaired) electrons. The molecule has 0 bridgehead atoms. The van der Waals surface area contributed by atoms with E-state index in [4.69, 9.17) is 36.0 Å². The van der Waals surface area contributed by atoms with Gasteiger partial charge in [0.05, 0.1) is 12.2 Å². The molecule has 1 aromatic heterocycles. The van der Waals surface area contributed by atoms with Crippen molar-refractivity contribution in [1.29, 1.82) is 0 Å². The van der Waals surface area contributed by atoms with Crippen molar-refractivity contribution in [2.45, 2.75) is 39.2 Å². The second kappa shape index (κ2) is 11.7. The molecular formula is C24H26ClN5NaO3S2+. The minimum Gasteiger partial charge on any atom is -0.550 e. The first-order valence-electron chi connectivity index (χ1n) is 11.2. The van der Waals surface area contributed by atoms with E-state index < -0.39 is 5.97 Å². The number of carboxylic acids is 1. The van der Waals surface area contributed by atoms with Crippen LogP contribution in [0.3, 0.4) is 0 Å². The number of amides is 1. The zero-order chi connectivity index (χ0) is 25.3. The first kappa shape index (κ1) is 28.8. The van der Waals surface area contributed by atoms with Crippen molar-refractivity contribution >= 4 is 59.3 Å². The Morgan fingerprint density at radius 2 is 1.81 bits per heavy atom. The zero-order valence-corrected chi connectivity index (χ0v) is 24.8. The van der Waals surface area contributed by atoms with Gasteiger partial charge in [-0.2, -0.15) is 0 Å². The third kappa shape index (κ3) is 6.19. The molecule has 0 spiro atoms. The van der Waals surface area contributed by atoms with Crippen molar-refractivity contribution < 1.29 is 44.3 Å². The molecule has 2 heterocycles. The van der Waals surface area contributed by atoms with Crippen molar-refractivity contribution in [3.05, 3.63) is 62.1 Å². The number of H-pyrrole nitrogens is 2. The number of anilines is 1. The Hall–Kier alpha value is -1.79. The molecular weight excluding hydrogens is 529 g/mol. The monoisotopic (exact) mass is 554 g/mol. The number of carbonyl (C=O) groups is 2. The quantitative estimate of drug-likeness (QED) is 0.159. The van der Waals surface area contributed by atoms with Crippen LogP contribution in [-0.2, 0) is 9.59 Å². The first-order valence-corrected chi connectivity index (χ1v) is 12.4. The fraction of sp³-hybridized carbons (Fsp3) is 0.333. The molecule has 0 saturated carbocycles. The number of hydrogen-bond donors (Lipinski definition) is 3. The third-order valence-electron chi connectivity index (χ3n) is 6.44. The summed E-state index contributed by atoms with van der Waals surface area (Å²) in [4.78, 5) is 24.0. The number of rotatable bonds is 9. The van der Waals surface area contributed by atoms with Crippen LogP contribution in [0.25, 0.3) is 5.69 Å². The molecule has 1 aliphatic rings. The van der Waals surface area contributed by atoms with Gasteiger partial charge in [-0.25, -0.2) is 0 Å². The van der Waals surface area contributed by atoms with E-state index >= 15 is 0 Å². The molecule has 1 saturated heterocycles. The summed E-state index contributed by atoms with van der Waals surface area (Å²) in [5.41, 5.74) is 4.52. The van der Waals surface area contributed by atoms with Crippen LogP contribution in [0.4, 0.5) is 11.4 Å². The molecule has 8 nitrogen and oxygen atoms in total. The number of aliphatic carboxylic acids is 1. The molecule has 3 aromatic rings. The second-order valence-corrected chi connectivity index (χ2v) is 10.2. The number of halogens is 1. The van der Waals surface area contributed by atoms with Gasteiger partial charge in [0.2, 0.25) is 5.91 Å². The average molecular weight is 555 g/mol. The molecule has 2 aromatic carbocycles.